The summed E-state index contributed by atoms with van der Waals surface area (Å²) in [6.45, 7) is 5.11. The first-order valence-corrected chi connectivity index (χ1v) is 9.72. The highest BCUT2D eigenvalue weighted by atomic mass is 127. The first kappa shape index (κ1) is 22.9. The fourth-order valence-corrected chi connectivity index (χ4v) is 3.38. The van der Waals surface area contributed by atoms with E-state index in [0.717, 1.165) is 49.7 Å². The van der Waals surface area contributed by atoms with Crippen molar-refractivity contribution in [2.75, 3.05) is 24.5 Å². The van der Waals surface area contributed by atoms with Crippen LogP contribution in [0.15, 0.2) is 53.5 Å². The summed E-state index contributed by atoms with van der Waals surface area (Å²) in [6, 6.07) is 16.8. The van der Waals surface area contributed by atoms with Crippen molar-refractivity contribution in [2.45, 2.75) is 32.4 Å². The van der Waals surface area contributed by atoms with Crippen molar-refractivity contribution < 1.29 is 4.39 Å². The van der Waals surface area contributed by atoms with Crippen LogP contribution in [0.25, 0.3) is 0 Å². The van der Waals surface area contributed by atoms with E-state index in [1.54, 1.807) is 18.2 Å². The summed E-state index contributed by atoms with van der Waals surface area (Å²) < 4.78 is 13.4. The van der Waals surface area contributed by atoms with Crippen molar-refractivity contribution in [2.24, 2.45) is 4.99 Å². The standard InChI is InChI=1S/C22H26FN5.HI/c1-2-25-22(26-16-18-6-3-5-17(13-18)15-24)27-20-9-11-28(12-10-20)21-8-4-7-19(23)14-21;/h3-8,13-14,20H,2,9-12,16H2,1H3,(H2,25,26,27);1H. The number of hydrogen-bond acceptors (Lipinski definition) is 3. The van der Waals surface area contributed by atoms with Crippen LogP contribution in [-0.2, 0) is 6.54 Å². The van der Waals surface area contributed by atoms with E-state index in [-0.39, 0.29) is 29.8 Å². The fourth-order valence-electron chi connectivity index (χ4n) is 3.38. The number of piperidine rings is 1. The Morgan fingerprint density at radius 1 is 1.21 bits per heavy atom. The van der Waals surface area contributed by atoms with Crippen LogP contribution in [0.4, 0.5) is 10.1 Å². The molecule has 5 nitrogen and oxygen atoms in total. The molecule has 0 radical (unpaired) electrons. The molecule has 2 N–H and O–H groups in total. The van der Waals surface area contributed by atoms with Crippen molar-refractivity contribution >= 4 is 35.6 Å². The van der Waals surface area contributed by atoms with Crippen LogP contribution >= 0.6 is 24.0 Å². The number of nitriles is 1. The topological polar surface area (TPSA) is 63.5 Å². The summed E-state index contributed by atoms with van der Waals surface area (Å²) in [5.74, 6) is 0.592. The Kier molecular flexibility index (Phi) is 9.19. The van der Waals surface area contributed by atoms with Crippen molar-refractivity contribution in [1.82, 2.24) is 10.6 Å². The first-order chi connectivity index (χ1) is 13.7. The highest BCUT2D eigenvalue weighted by Gasteiger charge is 2.20. The Bertz CT molecular complexity index is 856. The highest BCUT2D eigenvalue weighted by molar-refractivity contribution is 14.0. The Labute approximate surface area is 189 Å². The second-order valence-corrected chi connectivity index (χ2v) is 6.89. The number of nitrogens with zero attached hydrogens (tertiary/aromatic N) is 3. The molecule has 0 unspecified atom stereocenters. The van der Waals surface area contributed by atoms with Gasteiger partial charge in [0.15, 0.2) is 5.96 Å². The number of benzene rings is 2. The third-order valence-electron chi connectivity index (χ3n) is 4.83. The van der Waals surface area contributed by atoms with Gasteiger partial charge in [0.25, 0.3) is 0 Å². The van der Waals surface area contributed by atoms with E-state index < -0.39 is 0 Å². The van der Waals surface area contributed by atoms with Crippen LogP contribution in [0.2, 0.25) is 0 Å². The lowest BCUT2D eigenvalue weighted by Crippen LogP contribution is -2.48. The second-order valence-electron chi connectivity index (χ2n) is 6.89. The summed E-state index contributed by atoms with van der Waals surface area (Å²) >= 11 is 0. The Morgan fingerprint density at radius 2 is 1.97 bits per heavy atom. The van der Waals surface area contributed by atoms with Gasteiger partial charge in [-0.15, -0.1) is 24.0 Å². The molecule has 0 amide bonds. The molecule has 154 valence electrons. The Morgan fingerprint density at radius 3 is 2.66 bits per heavy atom. The monoisotopic (exact) mass is 507 g/mol. The van der Waals surface area contributed by atoms with Crippen LogP contribution in [-0.4, -0.2) is 31.6 Å². The molecule has 1 heterocycles. The zero-order valence-electron chi connectivity index (χ0n) is 16.6. The minimum atomic E-state index is -0.195. The van der Waals surface area contributed by atoms with Gasteiger partial charge in [-0.25, -0.2) is 9.38 Å². The molecule has 29 heavy (non-hydrogen) atoms. The van der Waals surface area contributed by atoms with E-state index in [0.29, 0.717) is 18.2 Å². The molecule has 2 aromatic carbocycles. The molecule has 0 spiro atoms. The molecular weight excluding hydrogens is 480 g/mol. The van der Waals surface area contributed by atoms with Crippen molar-refractivity contribution in [1.29, 1.82) is 5.26 Å². The SMILES string of the molecule is CCNC(=NCc1cccc(C#N)c1)NC1CCN(c2cccc(F)c2)CC1.I. The van der Waals surface area contributed by atoms with Crippen LogP contribution in [0.3, 0.4) is 0 Å². The van der Waals surface area contributed by atoms with E-state index >= 15 is 0 Å². The average Bonchev–Trinajstić information content (AvgIpc) is 2.73. The number of anilines is 1. The van der Waals surface area contributed by atoms with E-state index in [1.165, 1.54) is 6.07 Å². The minimum Gasteiger partial charge on any atom is -0.371 e. The lowest BCUT2D eigenvalue weighted by molar-refractivity contribution is 0.461. The zero-order valence-corrected chi connectivity index (χ0v) is 18.9. The second kappa shape index (κ2) is 11.6. The van der Waals surface area contributed by atoms with Gasteiger partial charge >= 0.3 is 0 Å². The van der Waals surface area contributed by atoms with Gasteiger partial charge in [0.2, 0.25) is 0 Å². The van der Waals surface area contributed by atoms with E-state index in [2.05, 4.69) is 26.6 Å². The molecule has 2 aromatic rings. The van der Waals surface area contributed by atoms with Crippen LogP contribution in [0.5, 0.6) is 0 Å². The molecular formula is C22H27FIN5. The third kappa shape index (κ3) is 6.89. The number of hydrogen-bond donors (Lipinski definition) is 2. The maximum Gasteiger partial charge on any atom is 0.191 e. The predicted molar refractivity (Wildman–Crippen MR) is 126 cm³/mol. The van der Waals surface area contributed by atoms with Crippen molar-refractivity contribution in [3.8, 4) is 6.07 Å². The van der Waals surface area contributed by atoms with Crippen LogP contribution in [0.1, 0.15) is 30.9 Å². The Balaban J connectivity index is 0.00000300. The number of rotatable bonds is 5. The van der Waals surface area contributed by atoms with Gasteiger partial charge in [-0.3, -0.25) is 0 Å². The molecule has 1 saturated heterocycles. The highest BCUT2D eigenvalue weighted by Crippen LogP contribution is 2.20. The van der Waals surface area contributed by atoms with Gasteiger partial charge < -0.3 is 15.5 Å². The van der Waals surface area contributed by atoms with Gasteiger partial charge in [0.1, 0.15) is 5.82 Å². The molecule has 0 atom stereocenters. The first-order valence-electron chi connectivity index (χ1n) is 9.72. The van der Waals surface area contributed by atoms with Gasteiger partial charge in [-0.2, -0.15) is 5.26 Å². The number of guanidine groups is 1. The smallest absolute Gasteiger partial charge is 0.191 e. The molecule has 3 rings (SSSR count). The summed E-state index contributed by atoms with van der Waals surface area (Å²) in [4.78, 5) is 6.88. The Hall–Kier alpha value is -2.34. The number of nitrogens with one attached hydrogen (secondary N) is 2. The van der Waals surface area contributed by atoms with Gasteiger partial charge in [0.05, 0.1) is 18.2 Å². The van der Waals surface area contributed by atoms with E-state index in [9.17, 15) is 4.39 Å². The summed E-state index contributed by atoms with van der Waals surface area (Å²) in [7, 11) is 0. The molecule has 1 aliphatic rings. The molecule has 7 heteroatoms. The largest absolute Gasteiger partial charge is 0.371 e. The van der Waals surface area contributed by atoms with E-state index in [4.69, 9.17) is 5.26 Å². The average molecular weight is 507 g/mol. The normalized spacial score (nSPS) is 14.7. The lowest BCUT2D eigenvalue weighted by Gasteiger charge is -2.34. The number of aliphatic imine (C=N–C) groups is 1. The molecule has 1 fully saturated rings. The molecule has 1 aliphatic heterocycles. The van der Waals surface area contributed by atoms with Gasteiger partial charge in [-0.05, 0) is 55.7 Å². The minimum absolute atomic E-state index is 0. The molecule has 0 aromatic heterocycles. The lowest BCUT2D eigenvalue weighted by atomic mass is 10.0. The quantitative estimate of drug-likeness (QED) is 0.365. The third-order valence-corrected chi connectivity index (χ3v) is 4.83. The molecule has 0 bridgehead atoms. The van der Waals surface area contributed by atoms with Crippen molar-refractivity contribution in [3.63, 3.8) is 0 Å². The summed E-state index contributed by atoms with van der Waals surface area (Å²) in [6.07, 6.45) is 1.93. The fraction of sp³-hybridized carbons (Fsp3) is 0.364. The van der Waals surface area contributed by atoms with Crippen LogP contribution < -0.4 is 15.5 Å². The van der Waals surface area contributed by atoms with E-state index in [1.807, 2.05) is 31.2 Å². The van der Waals surface area contributed by atoms with Gasteiger partial charge in [0, 0.05) is 31.4 Å². The van der Waals surface area contributed by atoms with Crippen molar-refractivity contribution in [3.05, 3.63) is 65.5 Å². The van der Waals surface area contributed by atoms with Crippen LogP contribution in [0, 0.1) is 17.1 Å². The predicted octanol–water partition coefficient (Wildman–Crippen LogP) is 4.04. The summed E-state index contributed by atoms with van der Waals surface area (Å²) in [5, 5.41) is 15.8. The maximum absolute atomic E-state index is 13.4. The zero-order chi connectivity index (χ0) is 19.8. The van der Waals surface area contributed by atoms with Gasteiger partial charge in [-0.1, -0.05) is 18.2 Å². The maximum atomic E-state index is 13.4. The molecule has 0 saturated carbocycles. The number of halogens is 2. The summed E-state index contributed by atoms with van der Waals surface area (Å²) in [5.41, 5.74) is 2.60. The molecule has 0 aliphatic carbocycles.